The maximum atomic E-state index is 12.8. The lowest BCUT2D eigenvalue weighted by molar-refractivity contribution is -0.134. The van der Waals surface area contributed by atoms with Crippen molar-refractivity contribution in [2.75, 3.05) is 18.0 Å². The van der Waals surface area contributed by atoms with Crippen molar-refractivity contribution in [3.05, 3.63) is 53.6 Å². The van der Waals surface area contributed by atoms with Gasteiger partial charge in [-0.15, -0.1) is 0 Å². The van der Waals surface area contributed by atoms with Gasteiger partial charge in [0.1, 0.15) is 11.3 Å². The number of carbonyl (C=O) groups is 1. The predicted octanol–water partition coefficient (Wildman–Crippen LogP) is 4.42. The molecule has 1 amide bonds. The highest BCUT2D eigenvalue weighted by Gasteiger charge is 2.33. The molecule has 0 spiro atoms. The number of amides is 1. The molecule has 1 aliphatic heterocycles. The summed E-state index contributed by atoms with van der Waals surface area (Å²) in [6, 6.07) is 15.5. The van der Waals surface area contributed by atoms with Gasteiger partial charge in [-0.05, 0) is 63.1 Å². The first kappa shape index (κ1) is 19.6. The van der Waals surface area contributed by atoms with Crippen LogP contribution < -0.4 is 15.0 Å². The van der Waals surface area contributed by atoms with Crippen LogP contribution >= 0.6 is 11.6 Å². The number of hydrogen-bond acceptors (Lipinski definition) is 5. The average Bonchev–Trinajstić information content (AvgIpc) is 3.33. The average molecular weight is 414 g/mol. The van der Waals surface area contributed by atoms with Crippen LogP contribution in [0, 0.1) is 0 Å². The fraction of sp³-hybridized carbons (Fsp3) is 0.364. The Kier molecular flexibility index (Phi) is 5.37. The molecule has 2 aromatic carbocycles. The van der Waals surface area contributed by atoms with Crippen molar-refractivity contribution < 1.29 is 13.9 Å². The zero-order chi connectivity index (χ0) is 20.4. The number of aromatic nitrogens is 1. The Morgan fingerprint density at radius 1 is 1.28 bits per heavy atom. The van der Waals surface area contributed by atoms with Crippen molar-refractivity contribution in [1.29, 1.82) is 0 Å². The van der Waals surface area contributed by atoms with Crippen LogP contribution in [0.25, 0.3) is 11.1 Å². The molecule has 4 rings (SSSR count). The Bertz CT molecular complexity index is 967. The van der Waals surface area contributed by atoms with Crippen LogP contribution in [-0.4, -0.2) is 35.6 Å². The van der Waals surface area contributed by atoms with Gasteiger partial charge in [0.15, 0.2) is 11.2 Å². The molecule has 7 heteroatoms. The van der Waals surface area contributed by atoms with Crippen LogP contribution in [0.1, 0.15) is 26.7 Å². The van der Waals surface area contributed by atoms with Gasteiger partial charge >= 0.3 is 0 Å². The molecule has 1 atom stereocenters. The Morgan fingerprint density at radius 2 is 2.03 bits per heavy atom. The zero-order valence-corrected chi connectivity index (χ0v) is 17.3. The molecule has 1 aromatic heterocycles. The predicted molar refractivity (Wildman–Crippen MR) is 114 cm³/mol. The molecule has 6 nitrogen and oxygen atoms in total. The molecule has 3 aromatic rings. The maximum absolute atomic E-state index is 12.8. The summed E-state index contributed by atoms with van der Waals surface area (Å²) in [6.07, 6.45) is 2.00. The summed E-state index contributed by atoms with van der Waals surface area (Å²) in [6.45, 7) is 4.87. The normalized spacial score (nSPS) is 16.9. The summed E-state index contributed by atoms with van der Waals surface area (Å²) < 4.78 is 11.8. The number of oxazole rings is 1. The fourth-order valence-corrected chi connectivity index (χ4v) is 3.68. The number of halogens is 1. The summed E-state index contributed by atoms with van der Waals surface area (Å²) in [5, 5.41) is 3.65. The molecule has 0 radical (unpaired) electrons. The molecular weight excluding hydrogens is 390 g/mol. The third kappa shape index (κ3) is 4.32. The molecule has 1 N–H and O–H groups in total. The molecule has 1 fully saturated rings. The first-order valence-electron chi connectivity index (χ1n) is 9.77. The van der Waals surface area contributed by atoms with E-state index < -0.39 is 5.60 Å². The Hall–Kier alpha value is -2.73. The van der Waals surface area contributed by atoms with E-state index in [-0.39, 0.29) is 11.9 Å². The van der Waals surface area contributed by atoms with Gasteiger partial charge in [0.05, 0.1) is 6.04 Å². The third-order valence-corrected chi connectivity index (χ3v) is 5.39. The molecule has 2 heterocycles. The Morgan fingerprint density at radius 3 is 2.79 bits per heavy atom. The van der Waals surface area contributed by atoms with E-state index in [9.17, 15) is 4.79 Å². The molecule has 152 valence electrons. The molecular formula is C22H24ClN3O3. The number of fused-ring (bicyclic) bond motifs is 1. The number of hydrogen-bond donors (Lipinski definition) is 1. The Labute approximate surface area is 174 Å². The number of nitrogens with one attached hydrogen (secondary N) is 1. The van der Waals surface area contributed by atoms with Crippen LogP contribution in [-0.2, 0) is 4.79 Å². The third-order valence-electron chi connectivity index (χ3n) is 5.14. The second-order valence-corrected chi connectivity index (χ2v) is 8.17. The van der Waals surface area contributed by atoms with Gasteiger partial charge < -0.3 is 19.4 Å². The Balaban J connectivity index is 1.39. The molecule has 0 saturated carbocycles. The monoisotopic (exact) mass is 413 g/mol. The van der Waals surface area contributed by atoms with E-state index in [0.717, 1.165) is 30.5 Å². The lowest BCUT2D eigenvalue weighted by Gasteiger charge is -2.28. The molecule has 1 aliphatic rings. The van der Waals surface area contributed by atoms with E-state index in [1.54, 1.807) is 38.1 Å². The van der Waals surface area contributed by atoms with E-state index >= 15 is 0 Å². The summed E-state index contributed by atoms with van der Waals surface area (Å²) >= 11 is 5.91. The van der Waals surface area contributed by atoms with Crippen LogP contribution in [0.4, 0.5) is 6.01 Å². The lowest BCUT2D eigenvalue weighted by atomic mass is 10.1. The number of carbonyl (C=O) groups excluding carboxylic acids is 1. The molecule has 29 heavy (non-hydrogen) atoms. The minimum atomic E-state index is -1.01. The second-order valence-electron chi connectivity index (χ2n) is 7.73. The number of ether oxygens (including phenoxy) is 1. The van der Waals surface area contributed by atoms with Crippen LogP contribution in [0.3, 0.4) is 0 Å². The van der Waals surface area contributed by atoms with Gasteiger partial charge in [-0.25, -0.2) is 0 Å². The standard InChI is InChI=1S/C22H24ClN3O3/c1-22(2,29-17-11-9-15(23)10-12-17)20(27)24-14-16-6-5-13-26(16)21-25-18-7-3-4-8-19(18)28-21/h3-4,7-12,16H,5-6,13-14H2,1-2H3,(H,24,27). The van der Waals surface area contributed by atoms with E-state index in [0.29, 0.717) is 23.3 Å². The topological polar surface area (TPSA) is 67.6 Å². The molecule has 0 bridgehead atoms. The van der Waals surface area contributed by atoms with Crippen molar-refractivity contribution in [2.45, 2.75) is 38.3 Å². The summed E-state index contributed by atoms with van der Waals surface area (Å²) in [5.41, 5.74) is 0.610. The van der Waals surface area contributed by atoms with Gasteiger partial charge in [-0.1, -0.05) is 23.7 Å². The van der Waals surface area contributed by atoms with E-state index in [1.807, 2.05) is 24.3 Å². The van der Waals surface area contributed by atoms with Crippen LogP contribution in [0.15, 0.2) is 52.9 Å². The zero-order valence-electron chi connectivity index (χ0n) is 16.5. The van der Waals surface area contributed by atoms with Crippen molar-refractivity contribution >= 4 is 34.6 Å². The lowest BCUT2D eigenvalue weighted by Crippen LogP contribution is -2.50. The van der Waals surface area contributed by atoms with Crippen molar-refractivity contribution in [3.8, 4) is 5.75 Å². The first-order valence-corrected chi connectivity index (χ1v) is 10.2. The van der Waals surface area contributed by atoms with Gasteiger partial charge in [0, 0.05) is 18.1 Å². The maximum Gasteiger partial charge on any atom is 0.298 e. The highest BCUT2D eigenvalue weighted by atomic mass is 35.5. The van der Waals surface area contributed by atoms with Gasteiger partial charge in [-0.2, -0.15) is 4.98 Å². The highest BCUT2D eigenvalue weighted by molar-refractivity contribution is 6.30. The van der Waals surface area contributed by atoms with Crippen molar-refractivity contribution in [2.24, 2.45) is 0 Å². The highest BCUT2D eigenvalue weighted by Crippen LogP contribution is 2.28. The number of nitrogens with zero attached hydrogens (tertiary/aromatic N) is 2. The summed E-state index contributed by atoms with van der Waals surface area (Å²) in [7, 11) is 0. The number of benzene rings is 2. The largest absolute Gasteiger partial charge is 0.478 e. The van der Waals surface area contributed by atoms with Crippen molar-refractivity contribution in [1.82, 2.24) is 10.3 Å². The number of para-hydroxylation sites is 2. The van der Waals surface area contributed by atoms with E-state index in [4.69, 9.17) is 20.8 Å². The summed E-state index contributed by atoms with van der Waals surface area (Å²) in [4.78, 5) is 19.5. The van der Waals surface area contributed by atoms with Crippen LogP contribution in [0.2, 0.25) is 5.02 Å². The van der Waals surface area contributed by atoms with E-state index in [1.165, 1.54) is 0 Å². The minimum absolute atomic E-state index is 0.137. The second kappa shape index (κ2) is 7.95. The van der Waals surface area contributed by atoms with Gasteiger partial charge in [-0.3, -0.25) is 4.79 Å². The summed E-state index contributed by atoms with van der Waals surface area (Å²) in [5.74, 6) is 0.431. The number of rotatable bonds is 6. The molecule has 1 unspecified atom stereocenters. The van der Waals surface area contributed by atoms with Crippen molar-refractivity contribution in [3.63, 3.8) is 0 Å². The minimum Gasteiger partial charge on any atom is -0.478 e. The van der Waals surface area contributed by atoms with Crippen LogP contribution in [0.5, 0.6) is 5.75 Å². The SMILES string of the molecule is CC(C)(Oc1ccc(Cl)cc1)C(=O)NCC1CCCN1c1nc2ccccc2o1. The van der Waals surface area contributed by atoms with E-state index in [2.05, 4.69) is 15.2 Å². The fourth-order valence-electron chi connectivity index (χ4n) is 3.55. The molecule has 0 aliphatic carbocycles. The smallest absolute Gasteiger partial charge is 0.298 e. The van der Waals surface area contributed by atoms with Gasteiger partial charge in [0.2, 0.25) is 0 Å². The molecule has 1 saturated heterocycles. The van der Waals surface area contributed by atoms with Gasteiger partial charge in [0.25, 0.3) is 11.9 Å². The number of anilines is 1. The quantitative estimate of drug-likeness (QED) is 0.647. The first-order chi connectivity index (χ1) is 13.9.